The van der Waals surface area contributed by atoms with E-state index in [9.17, 15) is 4.39 Å². The lowest BCUT2D eigenvalue weighted by molar-refractivity contribution is 0.624. The maximum absolute atomic E-state index is 13.4. The summed E-state index contributed by atoms with van der Waals surface area (Å²) in [7, 11) is 0. The molecule has 0 aliphatic heterocycles. The molecule has 108 valence electrons. The summed E-state index contributed by atoms with van der Waals surface area (Å²) in [6.07, 6.45) is 0.958. The summed E-state index contributed by atoms with van der Waals surface area (Å²) >= 11 is 5.91. The Morgan fingerprint density at radius 3 is 2.52 bits per heavy atom. The van der Waals surface area contributed by atoms with Gasteiger partial charge in [0, 0.05) is 23.8 Å². The number of hydrogen-bond donors (Lipinski definition) is 0. The second-order valence-electron chi connectivity index (χ2n) is 4.81. The molecule has 2 nitrogen and oxygen atoms in total. The highest BCUT2D eigenvalue weighted by molar-refractivity contribution is 6.30. The largest absolute Gasteiger partial charge is 0.367 e. The number of halogens is 2. The Bertz CT molecular complexity index is 647. The number of nitrogens with zero attached hydrogens (tertiary/aromatic N) is 2. The number of anilines is 1. The molecule has 0 saturated carbocycles. The fourth-order valence-corrected chi connectivity index (χ4v) is 2.36. The van der Waals surface area contributed by atoms with Crippen molar-refractivity contribution in [3.63, 3.8) is 0 Å². The minimum absolute atomic E-state index is 0.323. The van der Waals surface area contributed by atoms with Crippen molar-refractivity contribution in [3.8, 4) is 6.07 Å². The molecule has 4 heteroatoms. The third-order valence-electron chi connectivity index (χ3n) is 3.23. The topological polar surface area (TPSA) is 27.0 Å². The van der Waals surface area contributed by atoms with Gasteiger partial charge in [0.2, 0.25) is 0 Å². The molecule has 0 aliphatic carbocycles. The Hall–Kier alpha value is -2.05. The normalized spacial score (nSPS) is 10.2. The van der Waals surface area contributed by atoms with Gasteiger partial charge in [-0.25, -0.2) is 4.39 Å². The maximum Gasteiger partial charge on any atom is 0.123 e. The van der Waals surface area contributed by atoms with E-state index in [0.29, 0.717) is 22.7 Å². The van der Waals surface area contributed by atoms with Gasteiger partial charge in [-0.15, -0.1) is 0 Å². The van der Waals surface area contributed by atoms with Gasteiger partial charge in [-0.05, 0) is 54.4 Å². The first kappa shape index (κ1) is 15.3. The molecule has 0 amide bonds. The Morgan fingerprint density at radius 1 is 1.19 bits per heavy atom. The van der Waals surface area contributed by atoms with Gasteiger partial charge in [-0.3, -0.25) is 0 Å². The molecule has 0 saturated heterocycles. The molecule has 0 radical (unpaired) electrons. The predicted octanol–water partition coefficient (Wildman–Crippen LogP) is 4.77. The summed E-state index contributed by atoms with van der Waals surface area (Å²) in [4.78, 5) is 2.12. The van der Waals surface area contributed by atoms with Crippen LogP contribution in [0.4, 0.5) is 10.1 Å². The molecule has 0 atom stereocenters. The minimum atomic E-state index is -0.323. The quantitative estimate of drug-likeness (QED) is 0.795. The highest BCUT2D eigenvalue weighted by Crippen LogP contribution is 2.22. The molecule has 0 spiro atoms. The number of rotatable bonds is 5. The van der Waals surface area contributed by atoms with Gasteiger partial charge in [-0.1, -0.05) is 18.5 Å². The molecule has 2 rings (SSSR count). The SMILES string of the molecule is CCCN(Cc1cc(F)ccc1C#N)c1ccc(Cl)cc1. The zero-order valence-corrected chi connectivity index (χ0v) is 12.6. The summed E-state index contributed by atoms with van der Waals surface area (Å²) < 4.78 is 13.4. The van der Waals surface area contributed by atoms with Crippen molar-refractivity contribution in [2.24, 2.45) is 0 Å². The third-order valence-corrected chi connectivity index (χ3v) is 3.49. The molecule has 0 unspecified atom stereocenters. The van der Waals surface area contributed by atoms with Crippen molar-refractivity contribution in [2.45, 2.75) is 19.9 Å². The Kier molecular flexibility index (Phi) is 5.19. The van der Waals surface area contributed by atoms with Crippen LogP contribution in [-0.2, 0) is 6.54 Å². The summed E-state index contributed by atoms with van der Waals surface area (Å²) in [6, 6.07) is 13.9. The molecule has 0 N–H and O–H groups in total. The fraction of sp³-hybridized carbons (Fsp3) is 0.235. The first-order valence-corrected chi connectivity index (χ1v) is 7.21. The Morgan fingerprint density at radius 2 is 1.90 bits per heavy atom. The van der Waals surface area contributed by atoms with Crippen LogP contribution in [0.5, 0.6) is 0 Å². The summed E-state index contributed by atoms with van der Waals surface area (Å²) in [6.45, 7) is 3.40. The molecule has 2 aromatic carbocycles. The number of hydrogen-bond acceptors (Lipinski definition) is 2. The first-order chi connectivity index (χ1) is 10.1. The van der Waals surface area contributed by atoms with Crippen molar-refractivity contribution in [1.82, 2.24) is 0 Å². The minimum Gasteiger partial charge on any atom is -0.367 e. The van der Waals surface area contributed by atoms with Crippen molar-refractivity contribution in [1.29, 1.82) is 5.26 Å². The molecule has 0 aromatic heterocycles. The maximum atomic E-state index is 13.4. The summed E-state index contributed by atoms with van der Waals surface area (Å²) in [5, 5.41) is 9.83. The highest BCUT2D eigenvalue weighted by atomic mass is 35.5. The van der Waals surface area contributed by atoms with Crippen LogP contribution in [0, 0.1) is 17.1 Å². The van der Waals surface area contributed by atoms with Crippen LogP contribution in [-0.4, -0.2) is 6.54 Å². The molecule has 0 heterocycles. The number of nitriles is 1. The van der Waals surface area contributed by atoms with Crippen molar-refractivity contribution in [2.75, 3.05) is 11.4 Å². The van der Waals surface area contributed by atoms with E-state index in [1.165, 1.54) is 18.2 Å². The van der Waals surface area contributed by atoms with E-state index in [4.69, 9.17) is 16.9 Å². The highest BCUT2D eigenvalue weighted by Gasteiger charge is 2.11. The van der Waals surface area contributed by atoms with Crippen molar-refractivity contribution in [3.05, 3.63) is 64.4 Å². The Balaban J connectivity index is 2.30. The van der Waals surface area contributed by atoms with E-state index in [1.54, 1.807) is 0 Å². The van der Waals surface area contributed by atoms with Gasteiger partial charge in [0.25, 0.3) is 0 Å². The van der Waals surface area contributed by atoms with Crippen molar-refractivity contribution < 1.29 is 4.39 Å². The van der Waals surface area contributed by atoms with Gasteiger partial charge in [0.05, 0.1) is 11.6 Å². The first-order valence-electron chi connectivity index (χ1n) is 6.83. The molecule has 0 bridgehead atoms. The van der Waals surface area contributed by atoms with E-state index >= 15 is 0 Å². The zero-order chi connectivity index (χ0) is 15.2. The van der Waals surface area contributed by atoms with Crippen LogP contribution in [0.3, 0.4) is 0 Å². The molecule has 2 aromatic rings. The second-order valence-corrected chi connectivity index (χ2v) is 5.25. The average molecular weight is 303 g/mol. The van der Waals surface area contributed by atoms with Crippen LogP contribution in [0.15, 0.2) is 42.5 Å². The Labute approximate surface area is 129 Å². The summed E-state index contributed by atoms with van der Waals surface area (Å²) in [5.41, 5.74) is 2.21. The molecule has 0 fully saturated rings. The van der Waals surface area contributed by atoms with E-state index < -0.39 is 0 Å². The fourth-order valence-electron chi connectivity index (χ4n) is 2.23. The molecular formula is C17H16ClFN2. The standard InChI is InChI=1S/C17H16ClFN2/c1-2-9-21(17-7-4-15(18)5-8-17)12-14-10-16(19)6-3-13(14)11-20/h3-8,10H,2,9,12H2,1H3. The molecular weight excluding hydrogens is 287 g/mol. The molecule has 0 aliphatic rings. The van der Waals surface area contributed by atoms with Gasteiger partial charge in [0.15, 0.2) is 0 Å². The third kappa shape index (κ3) is 3.96. The second kappa shape index (κ2) is 7.10. The lowest BCUT2D eigenvalue weighted by Crippen LogP contribution is -2.24. The van der Waals surface area contributed by atoms with Gasteiger partial charge < -0.3 is 4.90 Å². The van der Waals surface area contributed by atoms with Gasteiger partial charge in [-0.2, -0.15) is 5.26 Å². The van der Waals surface area contributed by atoms with E-state index in [2.05, 4.69) is 17.9 Å². The monoisotopic (exact) mass is 302 g/mol. The molecule has 21 heavy (non-hydrogen) atoms. The number of benzene rings is 2. The van der Waals surface area contributed by atoms with Crippen LogP contribution < -0.4 is 4.90 Å². The van der Waals surface area contributed by atoms with Gasteiger partial charge in [0.1, 0.15) is 5.82 Å². The van der Waals surface area contributed by atoms with Crippen molar-refractivity contribution >= 4 is 17.3 Å². The van der Waals surface area contributed by atoms with E-state index in [1.807, 2.05) is 24.3 Å². The zero-order valence-electron chi connectivity index (χ0n) is 11.8. The van der Waals surface area contributed by atoms with E-state index in [0.717, 1.165) is 18.7 Å². The lowest BCUT2D eigenvalue weighted by Gasteiger charge is -2.25. The van der Waals surface area contributed by atoms with Crippen LogP contribution >= 0.6 is 11.6 Å². The lowest BCUT2D eigenvalue weighted by atomic mass is 10.1. The predicted molar refractivity (Wildman–Crippen MR) is 83.9 cm³/mol. The van der Waals surface area contributed by atoms with Crippen LogP contribution in [0.1, 0.15) is 24.5 Å². The van der Waals surface area contributed by atoms with Gasteiger partial charge >= 0.3 is 0 Å². The summed E-state index contributed by atoms with van der Waals surface area (Å²) in [5.74, 6) is -0.323. The average Bonchev–Trinajstić information content (AvgIpc) is 2.48. The van der Waals surface area contributed by atoms with Crippen LogP contribution in [0.25, 0.3) is 0 Å². The smallest absolute Gasteiger partial charge is 0.123 e. The van der Waals surface area contributed by atoms with Crippen LogP contribution in [0.2, 0.25) is 5.02 Å². The van der Waals surface area contributed by atoms with E-state index in [-0.39, 0.29) is 5.82 Å².